The Bertz CT molecular complexity index is 1960. The van der Waals surface area contributed by atoms with E-state index in [1.165, 1.54) is 28.8 Å². The molecule has 2 saturated heterocycles. The maximum Gasteiger partial charge on any atom is 0.296 e. The zero-order chi connectivity index (χ0) is 37.2. The van der Waals surface area contributed by atoms with Gasteiger partial charge in [-0.1, -0.05) is 103 Å². The van der Waals surface area contributed by atoms with E-state index in [0.29, 0.717) is 18.4 Å². The Morgan fingerprint density at radius 3 is 1.55 bits per heavy atom. The van der Waals surface area contributed by atoms with Crippen molar-refractivity contribution < 1.29 is 21.4 Å². The molecule has 6 nitrogen and oxygen atoms in total. The van der Waals surface area contributed by atoms with Crippen molar-refractivity contribution in [1.82, 2.24) is 15.1 Å². The van der Waals surface area contributed by atoms with Gasteiger partial charge in [-0.25, -0.2) is 8.78 Å². The third-order valence-electron chi connectivity index (χ3n) is 10.3. The van der Waals surface area contributed by atoms with Crippen LogP contribution in [-0.4, -0.2) is 64.6 Å². The van der Waals surface area contributed by atoms with E-state index >= 15 is 0 Å². The fourth-order valence-electron chi connectivity index (χ4n) is 7.63. The average molecular weight is 738 g/mol. The summed E-state index contributed by atoms with van der Waals surface area (Å²) >= 11 is 0. The Hall–Kier alpha value is -4.25. The highest BCUT2D eigenvalue weighted by molar-refractivity contribution is 7.86. The van der Waals surface area contributed by atoms with E-state index < -0.39 is 10.1 Å². The van der Waals surface area contributed by atoms with Crippen molar-refractivity contribution in [2.45, 2.75) is 36.7 Å². The van der Waals surface area contributed by atoms with E-state index in [1.807, 2.05) is 44.3 Å². The van der Waals surface area contributed by atoms with E-state index in [0.717, 1.165) is 50.4 Å². The summed E-state index contributed by atoms with van der Waals surface area (Å²) in [7, 11) is -1.83. The summed E-state index contributed by atoms with van der Waals surface area (Å²) in [5, 5.41) is 3.30. The van der Waals surface area contributed by atoms with E-state index in [1.54, 1.807) is 48.5 Å². The van der Waals surface area contributed by atoms with Crippen LogP contribution in [0.4, 0.5) is 8.78 Å². The number of likely N-dealkylation sites (tertiary alicyclic amines) is 2. The quantitative estimate of drug-likeness (QED) is 0.131. The van der Waals surface area contributed by atoms with Crippen LogP contribution in [0.5, 0.6) is 0 Å². The van der Waals surface area contributed by atoms with Crippen molar-refractivity contribution in [3.05, 3.63) is 173 Å². The molecule has 0 aliphatic carbocycles. The molecule has 2 aliphatic rings. The van der Waals surface area contributed by atoms with Crippen molar-refractivity contribution >= 4 is 10.1 Å². The number of aryl methyl sites for hydroxylation is 1. The Kier molecular flexibility index (Phi) is 13.2. The highest BCUT2D eigenvalue weighted by atomic mass is 32.2. The Morgan fingerprint density at radius 1 is 0.623 bits per heavy atom. The van der Waals surface area contributed by atoms with Gasteiger partial charge in [0.2, 0.25) is 0 Å². The molecular weight excluding hydrogens is 689 g/mol. The van der Waals surface area contributed by atoms with Gasteiger partial charge in [0, 0.05) is 57.0 Å². The SMILES string of the molecule is CNC[C@@H]1CN(Cc2ccccc2)C[C@H]1c1ccc(F)cc1.Cc1ccc(S(=O)(=O)OC[C@@H]2CN(Cc3ccccc3)C[C@H]2c2ccc(F)cc2)cc1. The predicted molar refractivity (Wildman–Crippen MR) is 207 cm³/mol. The molecule has 0 bridgehead atoms. The summed E-state index contributed by atoms with van der Waals surface area (Å²) in [4.78, 5) is 4.97. The molecule has 2 fully saturated rings. The predicted octanol–water partition coefficient (Wildman–Crippen LogP) is 8.02. The molecule has 278 valence electrons. The van der Waals surface area contributed by atoms with Crippen molar-refractivity contribution in [2.75, 3.05) is 46.4 Å². The van der Waals surface area contributed by atoms with Crippen LogP contribution in [0.15, 0.2) is 138 Å². The highest BCUT2D eigenvalue weighted by Gasteiger charge is 2.36. The largest absolute Gasteiger partial charge is 0.319 e. The lowest BCUT2D eigenvalue weighted by atomic mass is 9.89. The van der Waals surface area contributed by atoms with Gasteiger partial charge in [0.15, 0.2) is 0 Å². The van der Waals surface area contributed by atoms with E-state index in [-0.39, 0.29) is 35.0 Å². The molecule has 9 heteroatoms. The summed E-state index contributed by atoms with van der Waals surface area (Å²) in [6.45, 7) is 8.34. The average Bonchev–Trinajstić information content (AvgIpc) is 3.76. The summed E-state index contributed by atoms with van der Waals surface area (Å²) < 4.78 is 57.4. The number of hydrogen-bond acceptors (Lipinski definition) is 6. The van der Waals surface area contributed by atoms with Crippen LogP contribution < -0.4 is 5.32 Å². The standard InChI is InChI=1S/C25H26FNO3S.C19H23FN2/c1-19-7-13-24(14-8-19)31(28,29)30-18-22-16-27(15-20-5-3-2-4-6-20)17-25(22)21-9-11-23(26)12-10-21;1-21-11-17-13-22(12-15-5-3-2-4-6-15)14-19(17)16-7-9-18(20)10-8-16/h2-14,22,25H,15-18H2,1H3;2-10,17,19,21H,11-14H2,1H3/t22-,25-;17-,19+/m01/s1. The zero-order valence-electron chi connectivity index (χ0n) is 30.5. The summed E-state index contributed by atoms with van der Waals surface area (Å²) in [5.41, 5.74) is 5.79. The van der Waals surface area contributed by atoms with Crippen LogP contribution in [-0.2, 0) is 27.4 Å². The lowest BCUT2D eigenvalue weighted by molar-refractivity contribution is 0.237. The Morgan fingerprint density at radius 2 is 1.08 bits per heavy atom. The third-order valence-corrected chi connectivity index (χ3v) is 11.6. The van der Waals surface area contributed by atoms with Crippen molar-refractivity contribution in [1.29, 1.82) is 0 Å². The van der Waals surface area contributed by atoms with Gasteiger partial charge in [-0.05, 0) is 85.1 Å². The van der Waals surface area contributed by atoms with E-state index in [4.69, 9.17) is 4.18 Å². The molecule has 1 N–H and O–H groups in total. The van der Waals surface area contributed by atoms with Crippen molar-refractivity contribution in [2.24, 2.45) is 11.8 Å². The molecule has 7 rings (SSSR count). The number of hydrogen-bond donors (Lipinski definition) is 1. The maximum atomic E-state index is 13.4. The minimum absolute atomic E-state index is 0.0191. The lowest BCUT2D eigenvalue weighted by Gasteiger charge is -2.18. The van der Waals surface area contributed by atoms with Crippen LogP contribution in [0.1, 0.15) is 39.7 Å². The minimum atomic E-state index is -3.83. The lowest BCUT2D eigenvalue weighted by Crippen LogP contribution is -2.25. The first-order valence-corrected chi connectivity index (χ1v) is 19.7. The number of rotatable bonds is 12. The number of nitrogens with zero attached hydrogens (tertiary/aromatic N) is 2. The normalized spacial score (nSPS) is 20.6. The van der Waals surface area contributed by atoms with E-state index in [9.17, 15) is 17.2 Å². The third kappa shape index (κ3) is 10.7. The van der Waals surface area contributed by atoms with Gasteiger partial charge in [0.25, 0.3) is 10.1 Å². The van der Waals surface area contributed by atoms with Gasteiger partial charge >= 0.3 is 0 Å². The monoisotopic (exact) mass is 737 g/mol. The topological polar surface area (TPSA) is 61.9 Å². The second-order valence-electron chi connectivity index (χ2n) is 14.3. The molecule has 0 saturated carbocycles. The first-order chi connectivity index (χ1) is 25.7. The molecule has 0 unspecified atom stereocenters. The molecule has 2 heterocycles. The van der Waals surface area contributed by atoms with Crippen LogP contribution in [0, 0.1) is 30.4 Å². The van der Waals surface area contributed by atoms with Gasteiger partial charge in [-0.15, -0.1) is 0 Å². The van der Waals surface area contributed by atoms with Gasteiger partial charge < -0.3 is 5.32 Å². The molecule has 0 spiro atoms. The van der Waals surface area contributed by atoms with Crippen LogP contribution >= 0.6 is 0 Å². The van der Waals surface area contributed by atoms with Crippen molar-refractivity contribution in [3.63, 3.8) is 0 Å². The van der Waals surface area contributed by atoms with Crippen molar-refractivity contribution in [3.8, 4) is 0 Å². The molecule has 2 aliphatic heterocycles. The molecule has 0 amide bonds. The molecule has 5 aromatic carbocycles. The number of halogens is 2. The second-order valence-corrected chi connectivity index (χ2v) is 15.9. The molecule has 53 heavy (non-hydrogen) atoms. The van der Waals surface area contributed by atoms with E-state index in [2.05, 4.69) is 57.6 Å². The fourth-order valence-corrected chi connectivity index (χ4v) is 8.59. The molecular formula is C44H49F2N3O3S. The number of benzene rings is 5. The minimum Gasteiger partial charge on any atom is -0.319 e. The Labute approximate surface area is 313 Å². The highest BCUT2D eigenvalue weighted by Crippen LogP contribution is 2.35. The maximum absolute atomic E-state index is 13.4. The first kappa shape index (κ1) is 38.5. The van der Waals surface area contributed by atoms with Gasteiger partial charge in [-0.2, -0.15) is 8.42 Å². The molecule has 0 radical (unpaired) electrons. The van der Waals surface area contributed by atoms with Gasteiger partial charge in [0.1, 0.15) is 11.6 Å². The first-order valence-electron chi connectivity index (χ1n) is 18.3. The van der Waals surface area contributed by atoms with Crippen LogP contribution in [0.25, 0.3) is 0 Å². The fraction of sp³-hybridized carbons (Fsp3) is 0.318. The molecule has 0 aromatic heterocycles. The van der Waals surface area contributed by atoms with Gasteiger partial charge in [0.05, 0.1) is 11.5 Å². The van der Waals surface area contributed by atoms with Gasteiger partial charge in [-0.3, -0.25) is 14.0 Å². The smallest absolute Gasteiger partial charge is 0.296 e. The summed E-state index contributed by atoms with van der Waals surface area (Å²) in [6, 6.07) is 40.9. The molecule has 4 atom stereocenters. The number of nitrogens with one attached hydrogen (secondary N) is 1. The summed E-state index contributed by atoms with van der Waals surface area (Å²) in [5.74, 6) is 0.647. The second kappa shape index (κ2) is 18.2. The molecule has 5 aromatic rings. The Balaban J connectivity index is 0.000000192. The zero-order valence-corrected chi connectivity index (χ0v) is 31.3. The van der Waals surface area contributed by atoms with Crippen LogP contribution in [0.2, 0.25) is 0 Å². The summed E-state index contributed by atoms with van der Waals surface area (Å²) in [6.07, 6.45) is 0. The van der Waals surface area contributed by atoms with Crippen LogP contribution in [0.3, 0.4) is 0 Å².